The van der Waals surface area contributed by atoms with Gasteiger partial charge in [0.2, 0.25) is 0 Å². The first-order valence-electron chi connectivity index (χ1n) is 9.00. The van der Waals surface area contributed by atoms with Crippen LogP contribution in [0.3, 0.4) is 0 Å². The van der Waals surface area contributed by atoms with Gasteiger partial charge in [0.25, 0.3) is 0 Å². The summed E-state index contributed by atoms with van der Waals surface area (Å²) in [5.41, 5.74) is 2.94. The van der Waals surface area contributed by atoms with Crippen molar-refractivity contribution in [1.82, 2.24) is 5.32 Å². The van der Waals surface area contributed by atoms with Gasteiger partial charge in [-0.1, -0.05) is 71.7 Å². The van der Waals surface area contributed by atoms with Crippen molar-refractivity contribution in [1.29, 1.82) is 0 Å². The van der Waals surface area contributed by atoms with Gasteiger partial charge in [-0.3, -0.25) is 0 Å². The number of hydrogen-bond acceptors (Lipinski definition) is 1. The van der Waals surface area contributed by atoms with Gasteiger partial charge in [0, 0.05) is 6.04 Å². The Hall–Kier alpha value is -0.820. The van der Waals surface area contributed by atoms with Crippen LogP contribution in [0.2, 0.25) is 0 Å². The molecular formula is C20H35N. The van der Waals surface area contributed by atoms with Crippen LogP contribution in [0.1, 0.15) is 89.8 Å². The summed E-state index contributed by atoms with van der Waals surface area (Å²) < 4.78 is 0. The molecule has 120 valence electrons. The van der Waals surface area contributed by atoms with E-state index in [1.165, 1.54) is 43.2 Å². The number of nitrogens with one attached hydrogen (secondary N) is 1. The van der Waals surface area contributed by atoms with E-state index >= 15 is 0 Å². The molecule has 0 aliphatic rings. The van der Waals surface area contributed by atoms with Crippen LogP contribution in [-0.2, 0) is 0 Å². The molecule has 1 aromatic carbocycles. The Morgan fingerprint density at radius 2 is 1.38 bits per heavy atom. The monoisotopic (exact) mass is 289 g/mol. The maximum absolute atomic E-state index is 3.73. The standard InChI is InChI=1S/C20H35N/c1-6-10-18(11-7-2)20(21-9-4)19-14-12-17(13-15-19)16(5)8-3/h12-16,18,20-21H,6-11H2,1-5H3. The SMILES string of the molecule is CCCC(CCC)C(NCC)c1ccc(C(C)CC)cc1. The Bertz CT molecular complexity index is 362. The molecule has 0 saturated heterocycles. The molecule has 0 bridgehead atoms. The lowest BCUT2D eigenvalue weighted by Gasteiger charge is -2.28. The molecule has 0 aliphatic carbocycles. The van der Waals surface area contributed by atoms with E-state index in [1.807, 2.05) is 0 Å². The maximum Gasteiger partial charge on any atom is 0.0348 e. The molecule has 1 aromatic rings. The topological polar surface area (TPSA) is 12.0 Å². The molecule has 0 fully saturated rings. The minimum atomic E-state index is 0.515. The second kappa shape index (κ2) is 10.00. The third-order valence-electron chi connectivity index (χ3n) is 4.69. The first-order valence-corrected chi connectivity index (χ1v) is 9.00. The highest BCUT2D eigenvalue weighted by Crippen LogP contribution is 2.31. The molecule has 0 heterocycles. The van der Waals surface area contributed by atoms with Gasteiger partial charge in [0.1, 0.15) is 0 Å². The minimum absolute atomic E-state index is 0.515. The highest BCUT2D eigenvalue weighted by Gasteiger charge is 2.21. The van der Waals surface area contributed by atoms with Crippen LogP contribution in [0, 0.1) is 5.92 Å². The molecule has 1 heteroatoms. The van der Waals surface area contributed by atoms with E-state index in [0.717, 1.165) is 12.5 Å². The summed E-state index contributed by atoms with van der Waals surface area (Å²) in [6.07, 6.45) is 6.40. The summed E-state index contributed by atoms with van der Waals surface area (Å²) in [5, 5.41) is 3.73. The van der Waals surface area contributed by atoms with Gasteiger partial charge < -0.3 is 5.32 Å². The van der Waals surface area contributed by atoms with E-state index in [1.54, 1.807) is 0 Å². The molecular weight excluding hydrogens is 254 g/mol. The molecule has 21 heavy (non-hydrogen) atoms. The van der Waals surface area contributed by atoms with Gasteiger partial charge >= 0.3 is 0 Å². The average Bonchev–Trinajstić information content (AvgIpc) is 2.52. The molecule has 0 radical (unpaired) electrons. The fourth-order valence-corrected chi connectivity index (χ4v) is 3.26. The molecule has 2 unspecified atom stereocenters. The van der Waals surface area contributed by atoms with Crippen LogP contribution in [-0.4, -0.2) is 6.54 Å². The lowest BCUT2D eigenvalue weighted by molar-refractivity contribution is 0.320. The predicted molar refractivity (Wildman–Crippen MR) is 94.9 cm³/mol. The summed E-state index contributed by atoms with van der Waals surface area (Å²) in [6, 6.07) is 9.90. The summed E-state index contributed by atoms with van der Waals surface area (Å²) in [7, 11) is 0. The Labute approximate surface area is 132 Å². The van der Waals surface area contributed by atoms with Crippen LogP contribution in [0.4, 0.5) is 0 Å². The van der Waals surface area contributed by atoms with Crippen molar-refractivity contribution in [3.05, 3.63) is 35.4 Å². The van der Waals surface area contributed by atoms with Crippen molar-refractivity contribution in [3.63, 3.8) is 0 Å². The van der Waals surface area contributed by atoms with E-state index < -0.39 is 0 Å². The normalized spacial score (nSPS) is 14.4. The Balaban J connectivity index is 2.92. The molecule has 0 spiro atoms. The van der Waals surface area contributed by atoms with Crippen LogP contribution in [0.5, 0.6) is 0 Å². The first kappa shape index (κ1) is 18.2. The van der Waals surface area contributed by atoms with Gasteiger partial charge in [-0.25, -0.2) is 0 Å². The zero-order valence-electron chi connectivity index (χ0n) is 14.8. The number of benzene rings is 1. The fraction of sp³-hybridized carbons (Fsp3) is 0.700. The molecule has 1 nitrogen and oxygen atoms in total. The van der Waals surface area contributed by atoms with Crippen LogP contribution in [0.25, 0.3) is 0 Å². The quantitative estimate of drug-likeness (QED) is 0.551. The van der Waals surface area contributed by atoms with E-state index in [0.29, 0.717) is 12.0 Å². The lowest BCUT2D eigenvalue weighted by Crippen LogP contribution is -2.28. The molecule has 0 aliphatic heterocycles. The summed E-state index contributed by atoms with van der Waals surface area (Å²) in [5.74, 6) is 1.42. The second-order valence-corrected chi connectivity index (χ2v) is 6.35. The number of rotatable bonds is 10. The summed E-state index contributed by atoms with van der Waals surface area (Å²) >= 11 is 0. The smallest absolute Gasteiger partial charge is 0.0348 e. The molecule has 1 N–H and O–H groups in total. The van der Waals surface area contributed by atoms with Gasteiger partial charge in [-0.15, -0.1) is 0 Å². The van der Waals surface area contributed by atoms with E-state index in [4.69, 9.17) is 0 Å². The van der Waals surface area contributed by atoms with Crippen molar-refractivity contribution in [2.75, 3.05) is 6.54 Å². The van der Waals surface area contributed by atoms with Crippen molar-refractivity contribution in [2.24, 2.45) is 5.92 Å². The third kappa shape index (κ3) is 5.47. The Morgan fingerprint density at radius 1 is 0.857 bits per heavy atom. The predicted octanol–water partition coefficient (Wildman–Crippen LogP) is 6.07. The molecule has 0 saturated carbocycles. The molecule has 2 atom stereocenters. The summed E-state index contributed by atoms with van der Waals surface area (Å²) in [6.45, 7) is 12.4. The zero-order valence-corrected chi connectivity index (χ0v) is 14.8. The molecule has 0 aromatic heterocycles. The van der Waals surface area contributed by atoms with E-state index in [9.17, 15) is 0 Å². The van der Waals surface area contributed by atoms with Crippen molar-refractivity contribution in [2.45, 2.75) is 78.7 Å². The zero-order chi connectivity index (χ0) is 15.7. The minimum Gasteiger partial charge on any atom is -0.310 e. The van der Waals surface area contributed by atoms with E-state index in [2.05, 4.69) is 64.2 Å². The second-order valence-electron chi connectivity index (χ2n) is 6.35. The third-order valence-corrected chi connectivity index (χ3v) is 4.69. The van der Waals surface area contributed by atoms with Crippen LogP contribution in [0.15, 0.2) is 24.3 Å². The largest absolute Gasteiger partial charge is 0.310 e. The van der Waals surface area contributed by atoms with Gasteiger partial charge in [-0.2, -0.15) is 0 Å². The van der Waals surface area contributed by atoms with Crippen LogP contribution >= 0.6 is 0 Å². The highest BCUT2D eigenvalue weighted by atomic mass is 14.9. The average molecular weight is 290 g/mol. The molecule has 0 amide bonds. The lowest BCUT2D eigenvalue weighted by atomic mass is 9.85. The summed E-state index contributed by atoms with van der Waals surface area (Å²) in [4.78, 5) is 0. The maximum atomic E-state index is 3.73. The first-order chi connectivity index (χ1) is 10.2. The highest BCUT2D eigenvalue weighted by molar-refractivity contribution is 5.27. The van der Waals surface area contributed by atoms with Crippen molar-refractivity contribution in [3.8, 4) is 0 Å². The fourth-order valence-electron chi connectivity index (χ4n) is 3.26. The Morgan fingerprint density at radius 3 is 1.81 bits per heavy atom. The van der Waals surface area contributed by atoms with Crippen molar-refractivity contribution >= 4 is 0 Å². The van der Waals surface area contributed by atoms with Gasteiger partial charge in [0.15, 0.2) is 0 Å². The van der Waals surface area contributed by atoms with Gasteiger partial charge in [-0.05, 0) is 48.8 Å². The van der Waals surface area contributed by atoms with E-state index in [-0.39, 0.29) is 0 Å². The van der Waals surface area contributed by atoms with Gasteiger partial charge in [0.05, 0.1) is 0 Å². The van der Waals surface area contributed by atoms with Crippen LogP contribution < -0.4 is 5.32 Å². The van der Waals surface area contributed by atoms with Crippen molar-refractivity contribution < 1.29 is 0 Å². The molecule has 1 rings (SSSR count). The Kier molecular flexibility index (Phi) is 8.68. The number of hydrogen-bond donors (Lipinski definition) is 1.